The van der Waals surface area contributed by atoms with Crippen LogP contribution >= 0.6 is 0 Å². The van der Waals surface area contributed by atoms with Crippen molar-refractivity contribution in [3.63, 3.8) is 0 Å². The van der Waals surface area contributed by atoms with Gasteiger partial charge in [-0.3, -0.25) is 14.4 Å². The number of hydrogen-bond acceptors (Lipinski definition) is 6. The van der Waals surface area contributed by atoms with Crippen molar-refractivity contribution in [1.82, 2.24) is 0 Å². The Morgan fingerprint density at radius 3 is 0.863 bits per heavy atom. The fourth-order valence-electron chi connectivity index (χ4n) is 7.69. The van der Waals surface area contributed by atoms with Crippen LogP contribution in [0.2, 0.25) is 0 Å². The molecule has 1 unspecified atom stereocenters. The largest absolute Gasteiger partial charge is 0.462 e. The van der Waals surface area contributed by atoms with Crippen LogP contribution in [0.1, 0.15) is 233 Å². The molecule has 0 amide bonds. The van der Waals surface area contributed by atoms with E-state index in [4.69, 9.17) is 14.2 Å². The molecule has 6 nitrogen and oxygen atoms in total. The molecule has 0 aromatic rings. The highest BCUT2D eigenvalue weighted by Gasteiger charge is 2.19. The quantitative estimate of drug-likeness (QED) is 0.0261. The molecule has 0 fully saturated rings. The van der Waals surface area contributed by atoms with Gasteiger partial charge in [0.2, 0.25) is 0 Å². The van der Waals surface area contributed by atoms with Gasteiger partial charge in [0, 0.05) is 19.3 Å². The van der Waals surface area contributed by atoms with Gasteiger partial charge < -0.3 is 14.2 Å². The van der Waals surface area contributed by atoms with Crippen LogP contribution in [0.3, 0.4) is 0 Å². The topological polar surface area (TPSA) is 78.9 Å². The summed E-state index contributed by atoms with van der Waals surface area (Å²) in [6.07, 6.45) is 100. The second-order valence-corrected chi connectivity index (χ2v) is 19.8. The highest BCUT2D eigenvalue weighted by atomic mass is 16.6. The van der Waals surface area contributed by atoms with Gasteiger partial charge in [-0.1, -0.05) is 254 Å². The van der Waals surface area contributed by atoms with Crippen molar-refractivity contribution in [2.75, 3.05) is 13.2 Å². The second kappa shape index (κ2) is 65.8. The summed E-state index contributed by atoms with van der Waals surface area (Å²) in [6.45, 7) is 6.26. The van der Waals surface area contributed by atoms with E-state index in [1.54, 1.807) is 0 Å². The van der Waals surface area contributed by atoms with Gasteiger partial charge in [-0.15, -0.1) is 0 Å². The number of carbonyl (C=O) groups is 3. The molecule has 444 valence electrons. The molecule has 0 heterocycles. The Balaban J connectivity index is 4.47. The SMILES string of the molecule is CC/C=C\C/C=C\C/C=C\C/C=C\C/C=C\C/C=C\C/C=C\C/C=C\C/C=C\C/C=C\CCCCC(=O)OCC(COC(=O)CC/C=C\C/C=C\C/C=C\C/C=C\CC)OC(=O)CCCCCCC/C=C\C/C=C\CCCCCC. The Morgan fingerprint density at radius 1 is 0.263 bits per heavy atom. The molecule has 80 heavy (non-hydrogen) atoms. The summed E-state index contributed by atoms with van der Waals surface area (Å²) in [6, 6.07) is 0. The van der Waals surface area contributed by atoms with Gasteiger partial charge in [0.05, 0.1) is 0 Å². The van der Waals surface area contributed by atoms with Crippen LogP contribution < -0.4 is 0 Å². The van der Waals surface area contributed by atoms with Gasteiger partial charge in [-0.05, 0) is 154 Å². The number of unbranched alkanes of at least 4 members (excludes halogenated alkanes) is 11. The van der Waals surface area contributed by atoms with Gasteiger partial charge in [0.15, 0.2) is 6.10 Å². The van der Waals surface area contributed by atoms with Crippen molar-refractivity contribution in [1.29, 1.82) is 0 Å². The molecule has 0 spiro atoms. The van der Waals surface area contributed by atoms with Gasteiger partial charge in [0.1, 0.15) is 13.2 Å². The van der Waals surface area contributed by atoms with E-state index in [-0.39, 0.29) is 50.4 Å². The fraction of sp³-hybridized carbons (Fsp3) is 0.527. The summed E-state index contributed by atoms with van der Waals surface area (Å²) in [7, 11) is 0. The van der Waals surface area contributed by atoms with Crippen LogP contribution in [-0.2, 0) is 28.6 Å². The number of allylic oxidation sites excluding steroid dienone is 32. The lowest BCUT2D eigenvalue weighted by Crippen LogP contribution is -2.30. The maximum atomic E-state index is 12.9. The molecule has 0 aromatic heterocycles. The van der Waals surface area contributed by atoms with Gasteiger partial charge in [-0.2, -0.15) is 0 Å². The minimum absolute atomic E-state index is 0.139. The van der Waals surface area contributed by atoms with Crippen molar-refractivity contribution in [2.24, 2.45) is 0 Å². The first-order valence-electron chi connectivity index (χ1n) is 31.4. The van der Waals surface area contributed by atoms with Crippen molar-refractivity contribution >= 4 is 17.9 Å². The van der Waals surface area contributed by atoms with E-state index in [1.807, 2.05) is 12.2 Å². The molecule has 0 aliphatic carbocycles. The minimum atomic E-state index is -0.844. The molecule has 0 aliphatic heterocycles. The summed E-state index contributed by atoms with van der Waals surface area (Å²) >= 11 is 0. The van der Waals surface area contributed by atoms with E-state index in [2.05, 4.69) is 203 Å². The Kier molecular flexibility index (Phi) is 61.0. The lowest BCUT2D eigenvalue weighted by Gasteiger charge is -2.18. The van der Waals surface area contributed by atoms with Gasteiger partial charge in [0.25, 0.3) is 0 Å². The van der Waals surface area contributed by atoms with Crippen molar-refractivity contribution < 1.29 is 28.6 Å². The van der Waals surface area contributed by atoms with Crippen LogP contribution in [0, 0.1) is 0 Å². The zero-order valence-electron chi connectivity index (χ0n) is 50.8. The molecule has 0 aliphatic rings. The first kappa shape index (κ1) is 74.2. The molecule has 0 saturated heterocycles. The number of hydrogen-bond donors (Lipinski definition) is 0. The van der Waals surface area contributed by atoms with Gasteiger partial charge in [-0.25, -0.2) is 0 Å². The Hall–Kier alpha value is -5.75. The molecule has 6 heteroatoms. The standard InChI is InChI=1S/C74H112O6/c1-4-7-10-13-16-19-22-25-27-29-30-31-32-33-34-35-36-37-38-39-40-41-42-43-44-45-47-49-52-55-58-61-64-67-73(76)79-70-71(69-78-72(75)66-63-60-57-54-51-48-24-21-18-15-12-9-6-3)80-74(77)68-65-62-59-56-53-50-46-28-26-23-20-17-14-11-8-5-2/h7,9-10,12,16,18-21,23,25,27-28,30-31,33-34,36-37,39-40,42-43,45-48,51-52,55,57,60,71H,4-6,8,11,13-15,17,22,24,26,29,32,35,38,41,44,49-50,53-54,56,58-59,61-70H2,1-3H3/b10-7-,12-9-,19-16-,21-18-,23-20-,27-25-,31-30-,34-33-,37-36-,40-39-,43-42-,46-28-,47-45-,51-48-,55-52-,60-57-. The Labute approximate surface area is 490 Å². The molecule has 0 saturated carbocycles. The molecular formula is C74H112O6. The van der Waals surface area contributed by atoms with Crippen LogP contribution in [0.25, 0.3) is 0 Å². The van der Waals surface area contributed by atoms with E-state index in [9.17, 15) is 14.4 Å². The van der Waals surface area contributed by atoms with Crippen molar-refractivity contribution in [2.45, 2.75) is 239 Å². The minimum Gasteiger partial charge on any atom is -0.462 e. The smallest absolute Gasteiger partial charge is 0.306 e. The Bertz CT molecular complexity index is 1930. The number of ether oxygens (including phenoxy) is 3. The van der Waals surface area contributed by atoms with Crippen LogP contribution in [-0.4, -0.2) is 37.2 Å². The highest BCUT2D eigenvalue weighted by molar-refractivity contribution is 5.71. The maximum Gasteiger partial charge on any atom is 0.306 e. The molecular weight excluding hydrogens is 985 g/mol. The average molecular weight is 1100 g/mol. The molecule has 0 aromatic carbocycles. The fourth-order valence-corrected chi connectivity index (χ4v) is 7.69. The van der Waals surface area contributed by atoms with Crippen molar-refractivity contribution in [3.8, 4) is 0 Å². The summed E-state index contributed by atoms with van der Waals surface area (Å²) in [5, 5.41) is 0. The van der Waals surface area contributed by atoms with Crippen LogP contribution in [0.15, 0.2) is 194 Å². The monoisotopic (exact) mass is 1100 g/mol. The predicted molar refractivity (Wildman–Crippen MR) is 347 cm³/mol. The molecule has 0 bridgehead atoms. The van der Waals surface area contributed by atoms with E-state index < -0.39 is 6.10 Å². The number of esters is 3. The predicted octanol–water partition coefficient (Wildman–Crippen LogP) is 21.8. The highest BCUT2D eigenvalue weighted by Crippen LogP contribution is 2.12. The normalized spacial score (nSPS) is 13.5. The molecule has 0 rings (SSSR count). The molecule has 0 N–H and O–H groups in total. The third-order valence-corrected chi connectivity index (χ3v) is 12.3. The summed E-state index contributed by atoms with van der Waals surface area (Å²) < 4.78 is 16.7. The number of carbonyl (C=O) groups excluding carboxylic acids is 3. The molecule has 0 radical (unpaired) electrons. The third-order valence-electron chi connectivity index (χ3n) is 12.3. The lowest BCUT2D eigenvalue weighted by molar-refractivity contribution is -0.166. The van der Waals surface area contributed by atoms with E-state index >= 15 is 0 Å². The lowest BCUT2D eigenvalue weighted by atomic mass is 10.1. The summed E-state index contributed by atoms with van der Waals surface area (Å²) in [4.78, 5) is 38.2. The zero-order chi connectivity index (χ0) is 57.8. The van der Waals surface area contributed by atoms with E-state index in [1.165, 1.54) is 32.1 Å². The first-order valence-corrected chi connectivity index (χ1v) is 31.4. The van der Waals surface area contributed by atoms with E-state index in [0.717, 1.165) is 148 Å². The van der Waals surface area contributed by atoms with Crippen LogP contribution in [0.4, 0.5) is 0 Å². The van der Waals surface area contributed by atoms with Gasteiger partial charge >= 0.3 is 17.9 Å². The number of rotatable bonds is 54. The van der Waals surface area contributed by atoms with Crippen molar-refractivity contribution in [3.05, 3.63) is 194 Å². The second-order valence-electron chi connectivity index (χ2n) is 19.8. The van der Waals surface area contributed by atoms with Crippen LogP contribution in [0.5, 0.6) is 0 Å². The summed E-state index contributed by atoms with van der Waals surface area (Å²) in [5.74, 6) is -1.09. The zero-order valence-corrected chi connectivity index (χ0v) is 50.8. The average Bonchev–Trinajstić information content (AvgIpc) is 3.46. The maximum absolute atomic E-state index is 12.9. The molecule has 1 atom stereocenters. The summed E-state index contributed by atoms with van der Waals surface area (Å²) in [5.41, 5.74) is 0. The third kappa shape index (κ3) is 63.1. The van der Waals surface area contributed by atoms with E-state index in [0.29, 0.717) is 12.8 Å². The Morgan fingerprint density at radius 2 is 0.512 bits per heavy atom. The first-order chi connectivity index (χ1) is 39.5.